The first kappa shape index (κ1) is 17.2. The summed E-state index contributed by atoms with van der Waals surface area (Å²) in [5.74, 6) is 0.159. The molecule has 0 N–H and O–H groups in total. The molecule has 0 bridgehead atoms. The van der Waals surface area contributed by atoms with Crippen molar-refractivity contribution in [2.24, 2.45) is 0 Å². The zero-order valence-electron chi connectivity index (χ0n) is 12.9. The Kier molecular flexibility index (Phi) is 4.72. The molecule has 0 amide bonds. The van der Waals surface area contributed by atoms with Gasteiger partial charge in [-0.2, -0.15) is 0 Å². The van der Waals surface area contributed by atoms with Crippen LogP contribution in [0.5, 0.6) is 0 Å². The lowest BCUT2D eigenvalue weighted by Gasteiger charge is -1.96. The number of nitro groups is 2. The zero-order valence-corrected chi connectivity index (χ0v) is 13.7. The second-order valence-electron chi connectivity index (χ2n) is 5.06. The van der Waals surface area contributed by atoms with Gasteiger partial charge in [0.05, 0.1) is 9.85 Å². The molecule has 10 heteroatoms. The first-order chi connectivity index (χ1) is 12.4. The molecule has 130 valence electrons. The minimum Gasteiger partial charge on any atom is -0.415 e. The van der Waals surface area contributed by atoms with E-state index in [0.717, 1.165) is 0 Å². The number of nitro benzene ring substituents is 2. The Morgan fingerprint density at radius 3 is 2.35 bits per heavy atom. The molecule has 0 saturated heterocycles. The summed E-state index contributed by atoms with van der Waals surface area (Å²) in [6, 6.07) is 11.5. The number of benzene rings is 2. The lowest BCUT2D eigenvalue weighted by molar-refractivity contribution is -0.385. The van der Waals surface area contributed by atoms with Crippen LogP contribution in [0.4, 0.5) is 11.4 Å². The molecule has 3 rings (SSSR count). The van der Waals surface area contributed by atoms with Crippen molar-refractivity contribution in [1.82, 2.24) is 10.2 Å². The van der Waals surface area contributed by atoms with Gasteiger partial charge in [-0.05, 0) is 23.8 Å². The molecule has 0 fully saturated rings. The average molecular weight is 373 g/mol. The molecule has 0 saturated carbocycles. The monoisotopic (exact) mass is 372 g/mol. The van der Waals surface area contributed by atoms with Crippen LogP contribution in [-0.4, -0.2) is 20.0 Å². The molecule has 0 atom stereocenters. The molecule has 0 unspecified atom stereocenters. The summed E-state index contributed by atoms with van der Waals surface area (Å²) in [5.41, 5.74) is 0.867. The van der Waals surface area contributed by atoms with Gasteiger partial charge in [-0.3, -0.25) is 20.2 Å². The summed E-state index contributed by atoms with van der Waals surface area (Å²) in [4.78, 5) is 20.5. The van der Waals surface area contributed by atoms with E-state index in [9.17, 15) is 20.2 Å². The number of rotatable bonds is 5. The highest BCUT2D eigenvalue weighted by molar-refractivity contribution is 6.50. The fourth-order valence-corrected chi connectivity index (χ4v) is 2.30. The number of hydrogen-bond acceptors (Lipinski definition) is 7. The summed E-state index contributed by atoms with van der Waals surface area (Å²) >= 11 is 6.15. The highest BCUT2D eigenvalue weighted by Gasteiger charge is 2.13. The van der Waals surface area contributed by atoms with Crippen LogP contribution < -0.4 is 0 Å². The van der Waals surface area contributed by atoms with Gasteiger partial charge in [0.1, 0.15) is 5.03 Å². The van der Waals surface area contributed by atoms with E-state index in [0.29, 0.717) is 11.1 Å². The highest BCUT2D eigenvalue weighted by Crippen LogP contribution is 2.27. The predicted molar refractivity (Wildman–Crippen MR) is 93.2 cm³/mol. The predicted octanol–water partition coefficient (Wildman–Crippen LogP) is 4.29. The Hall–Kier alpha value is -3.59. The van der Waals surface area contributed by atoms with Crippen molar-refractivity contribution in [3.05, 3.63) is 80.2 Å². The first-order valence-corrected chi connectivity index (χ1v) is 7.52. The third kappa shape index (κ3) is 3.73. The quantitative estimate of drug-likeness (QED) is 0.483. The van der Waals surface area contributed by atoms with Crippen LogP contribution in [0.25, 0.3) is 22.6 Å². The van der Waals surface area contributed by atoms with Crippen LogP contribution in [0.3, 0.4) is 0 Å². The maximum Gasteiger partial charge on any atom is 0.270 e. The van der Waals surface area contributed by atoms with E-state index >= 15 is 0 Å². The van der Waals surface area contributed by atoms with E-state index in [1.807, 2.05) is 0 Å². The first-order valence-electron chi connectivity index (χ1n) is 7.14. The summed E-state index contributed by atoms with van der Waals surface area (Å²) in [6.45, 7) is 0. The average Bonchev–Trinajstić information content (AvgIpc) is 3.12. The molecule has 26 heavy (non-hydrogen) atoms. The standard InChI is InChI=1S/C16H9ClN4O5/c17-14(9-10-2-1-3-13(8-10)21(24)25)16-19-18-15(26-16)11-4-6-12(7-5-11)20(22)23/h1-9H/b14-9-. The molecule has 1 heterocycles. The molecule has 0 aliphatic heterocycles. The van der Waals surface area contributed by atoms with E-state index in [1.54, 1.807) is 6.07 Å². The normalized spacial score (nSPS) is 11.3. The van der Waals surface area contributed by atoms with Crippen molar-refractivity contribution in [2.45, 2.75) is 0 Å². The van der Waals surface area contributed by atoms with E-state index < -0.39 is 9.85 Å². The van der Waals surface area contributed by atoms with Crippen molar-refractivity contribution >= 4 is 34.1 Å². The van der Waals surface area contributed by atoms with Gasteiger partial charge in [0, 0.05) is 29.8 Å². The Balaban J connectivity index is 1.85. The van der Waals surface area contributed by atoms with Gasteiger partial charge in [-0.1, -0.05) is 23.7 Å². The molecule has 1 aromatic heterocycles. The fourth-order valence-electron chi connectivity index (χ4n) is 2.10. The second kappa shape index (κ2) is 7.11. The third-order valence-electron chi connectivity index (χ3n) is 3.33. The Labute approximate surface area is 150 Å². The topological polar surface area (TPSA) is 125 Å². The lowest BCUT2D eigenvalue weighted by atomic mass is 10.2. The molecular weight excluding hydrogens is 364 g/mol. The number of halogens is 1. The zero-order chi connectivity index (χ0) is 18.7. The molecule has 0 aliphatic rings. The summed E-state index contributed by atoms with van der Waals surface area (Å²) in [5, 5.41) is 29.2. The van der Waals surface area contributed by atoms with Crippen molar-refractivity contribution in [3.8, 4) is 11.5 Å². The van der Waals surface area contributed by atoms with Gasteiger partial charge >= 0.3 is 0 Å². The van der Waals surface area contributed by atoms with E-state index in [-0.39, 0.29) is 28.2 Å². The van der Waals surface area contributed by atoms with Crippen molar-refractivity contribution in [1.29, 1.82) is 0 Å². The Bertz CT molecular complexity index is 1010. The van der Waals surface area contributed by atoms with Crippen molar-refractivity contribution in [3.63, 3.8) is 0 Å². The van der Waals surface area contributed by atoms with Crippen molar-refractivity contribution in [2.75, 3.05) is 0 Å². The maximum absolute atomic E-state index is 10.8. The molecule has 0 radical (unpaired) electrons. The molecule has 2 aromatic carbocycles. The van der Waals surface area contributed by atoms with Gasteiger partial charge in [0.25, 0.3) is 17.3 Å². The minimum atomic E-state index is -0.512. The van der Waals surface area contributed by atoms with Crippen LogP contribution in [0.2, 0.25) is 0 Å². The van der Waals surface area contributed by atoms with Crippen LogP contribution in [0.1, 0.15) is 11.5 Å². The van der Waals surface area contributed by atoms with Crippen LogP contribution >= 0.6 is 11.6 Å². The summed E-state index contributed by atoms with van der Waals surface area (Å²) < 4.78 is 5.46. The lowest BCUT2D eigenvalue weighted by Crippen LogP contribution is -1.87. The summed E-state index contributed by atoms with van der Waals surface area (Å²) in [6.07, 6.45) is 1.46. The smallest absolute Gasteiger partial charge is 0.270 e. The van der Waals surface area contributed by atoms with Gasteiger partial charge in [-0.25, -0.2) is 0 Å². The minimum absolute atomic E-state index is 0.0199. The molecule has 0 aliphatic carbocycles. The van der Waals surface area contributed by atoms with Gasteiger partial charge < -0.3 is 4.42 Å². The molecular formula is C16H9ClN4O5. The van der Waals surface area contributed by atoms with Crippen molar-refractivity contribution < 1.29 is 14.3 Å². The summed E-state index contributed by atoms with van der Waals surface area (Å²) in [7, 11) is 0. The Morgan fingerprint density at radius 2 is 1.69 bits per heavy atom. The van der Waals surface area contributed by atoms with E-state index in [4.69, 9.17) is 16.0 Å². The second-order valence-corrected chi connectivity index (χ2v) is 5.47. The van der Waals surface area contributed by atoms with Gasteiger partial charge in [-0.15, -0.1) is 10.2 Å². The van der Waals surface area contributed by atoms with Crippen LogP contribution in [0, 0.1) is 20.2 Å². The highest BCUT2D eigenvalue weighted by atomic mass is 35.5. The third-order valence-corrected chi connectivity index (χ3v) is 3.60. The molecule has 9 nitrogen and oxygen atoms in total. The van der Waals surface area contributed by atoms with Gasteiger partial charge in [0.2, 0.25) is 5.89 Å². The maximum atomic E-state index is 10.8. The van der Waals surface area contributed by atoms with Crippen LogP contribution in [0.15, 0.2) is 52.9 Å². The largest absolute Gasteiger partial charge is 0.415 e. The number of non-ortho nitro benzene ring substituents is 2. The number of nitrogens with zero attached hydrogens (tertiary/aromatic N) is 4. The fraction of sp³-hybridized carbons (Fsp3) is 0. The number of hydrogen-bond donors (Lipinski definition) is 0. The van der Waals surface area contributed by atoms with Gasteiger partial charge in [0.15, 0.2) is 0 Å². The van der Waals surface area contributed by atoms with E-state index in [1.165, 1.54) is 48.5 Å². The molecule has 0 spiro atoms. The van der Waals surface area contributed by atoms with Crippen LogP contribution in [-0.2, 0) is 0 Å². The number of aromatic nitrogens is 2. The Morgan fingerprint density at radius 1 is 1.00 bits per heavy atom. The SMILES string of the molecule is O=[N+]([O-])c1ccc(-c2nnc(/C(Cl)=C/c3cccc([N+](=O)[O-])c3)o2)cc1. The molecule has 3 aromatic rings. The van der Waals surface area contributed by atoms with E-state index in [2.05, 4.69) is 10.2 Å².